The first-order chi connectivity index (χ1) is 11.2. The van der Waals surface area contributed by atoms with Crippen molar-refractivity contribution in [3.63, 3.8) is 0 Å². The number of nitrogens with one attached hydrogen (secondary N) is 1. The van der Waals surface area contributed by atoms with Crippen molar-refractivity contribution in [2.75, 3.05) is 13.7 Å². The summed E-state index contributed by atoms with van der Waals surface area (Å²) >= 11 is 0. The molecule has 23 heavy (non-hydrogen) atoms. The van der Waals surface area contributed by atoms with Gasteiger partial charge in [-0.3, -0.25) is 4.79 Å². The maximum atomic E-state index is 12.3. The summed E-state index contributed by atoms with van der Waals surface area (Å²) < 4.78 is 5.12. The minimum Gasteiger partial charge on any atom is -0.497 e. The molecule has 2 aromatic rings. The molecule has 0 amide bonds. The third kappa shape index (κ3) is 5.38. The third-order valence-corrected chi connectivity index (χ3v) is 3.51. The Morgan fingerprint density at radius 2 is 1.96 bits per heavy atom. The zero-order chi connectivity index (χ0) is 16.5. The highest BCUT2D eigenvalue weighted by atomic mass is 16.5. The van der Waals surface area contributed by atoms with Gasteiger partial charge in [-0.1, -0.05) is 43.3 Å². The summed E-state index contributed by atoms with van der Waals surface area (Å²) in [5, 5.41) is 3.34. The van der Waals surface area contributed by atoms with Crippen LogP contribution in [0.5, 0.6) is 5.75 Å². The van der Waals surface area contributed by atoms with Crippen molar-refractivity contribution < 1.29 is 9.53 Å². The highest BCUT2D eigenvalue weighted by Crippen LogP contribution is 2.13. The van der Waals surface area contributed by atoms with Gasteiger partial charge in [-0.2, -0.15) is 0 Å². The normalized spacial score (nSPS) is 10.9. The van der Waals surface area contributed by atoms with Gasteiger partial charge in [0.2, 0.25) is 0 Å². The summed E-state index contributed by atoms with van der Waals surface area (Å²) in [6, 6.07) is 15.4. The second-order valence-corrected chi connectivity index (χ2v) is 5.35. The Hall–Kier alpha value is -2.39. The molecule has 2 aromatic carbocycles. The van der Waals surface area contributed by atoms with Crippen LogP contribution in [-0.4, -0.2) is 19.4 Å². The van der Waals surface area contributed by atoms with Gasteiger partial charge in [0.1, 0.15) is 5.75 Å². The predicted octanol–water partition coefficient (Wildman–Crippen LogP) is 4.09. The summed E-state index contributed by atoms with van der Waals surface area (Å²) in [6.07, 6.45) is 4.54. The molecule has 3 nitrogen and oxygen atoms in total. The summed E-state index contributed by atoms with van der Waals surface area (Å²) in [4.78, 5) is 12.3. The lowest BCUT2D eigenvalue weighted by molar-refractivity contribution is 0.104. The van der Waals surface area contributed by atoms with E-state index in [0.717, 1.165) is 36.4 Å². The van der Waals surface area contributed by atoms with Crippen LogP contribution in [0.3, 0.4) is 0 Å². The minimum atomic E-state index is 0.0122. The van der Waals surface area contributed by atoms with Crippen molar-refractivity contribution in [1.82, 2.24) is 5.32 Å². The predicted molar refractivity (Wildman–Crippen MR) is 94.8 cm³/mol. The highest BCUT2D eigenvalue weighted by molar-refractivity contribution is 6.06. The fraction of sp³-hybridized carbons (Fsp3) is 0.250. The second-order valence-electron chi connectivity index (χ2n) is 5.35. The van der Waals surface area contributed by atoms with E-state index in [1.54, 1.807) is 13.2 Å². The first-order valence-electron chi connectivity index (χ1n) is 7.89. The fourth-order valence-corrected chi connectivity index (χ4v) is 2.23. The highest BCUT2D eigenvalue weighted by Gasteiger charge is 2.03. The molecule has 0 heterocycles. The van der Waals surface area contributed by atoms with Gasteiger partial charge in [0.05, 0.1) is 7.11 Å². The van der Waals surface area contributed by atoms with Crippen molar-refractivity contribution >= 4 is 11.9 Å². The molecule has 0 fully saturated rings. The summed E-state index contributed by atoms with van der Waals surface area (Å²) in [5.74, 6) is 0.818. The molecule has 0 aliphatic heterocycles. The number of hydrogen-bond acceptors (Lipinski definition) is 3. The van der Waals surface area contributed by atoms with Crippen molar-refractivity contribution in [1.29, 1.82) is 0 Å². The van der Waals surface area contributed by atoms with Crippen LogP contribution in [0.15, 0.2) is 54.6 Å². The van der Waals surface area contributed by atoms with Gasteiger partial charge in [0, 0.05) is 12.1 Å². The maximum absolute atomic E-state index is 12.3. The minimum absolute atomic E-state index is 0.0122. The molecule has 2 rings (SSSR count). The zero-order valence-corrected chi connectivity index (χ0v) is 13.7. The van der Waals surface area contributed by atoms with E-state index < -0.39 is 0 Å². The molecule has 0 saturated carbocycles. The van der Waals surface area contributed by atoms with E-state index in [-0.39, 0.29) is 5.78 Å². The monoisotopic (exact) mass is 309 g/mol. The molecule has 1 N–H and O–H groups in total. The molecular weight excluding hydrogens is 286 g/mol. The second kappa shape index (κ2) is 8.91. The van der Waals surface area contributed by atoms with Gasteiger partial charge in [-0.15, -0.1) is 0 Å². The summed E-state index contributed by atoms with van der Waals surface area (Å²) in [5.41, 5.74) is 2.81. The standard InChI is InChI=1S/C20H23NO2/c1-3-13-21-15-17-5-4-6-18(14-17)20(22)12-9-16-7-10-19(23-2)11-8-16/h4-12,14,21H,3,13,15H2,1-2H3. The Labute approximate surface area is 138 Å². The number of carbonyl (C=O) groups is 1. The van der Waals surface area contributed by atoms with E-state index in [1.807, 2.05) is 54.6 Å². The lowest BCUT2D eigenvalue weighted by Gasteiger charge is -2.04. The Kier molecular flexibility index (Phi) is 6.57. The lowest BCUT2D eigenvalue weighted by atomic mass is 10.1. The number of rotatable bonds is 8. The van der Waals surface area contributed by atoms with Gasteiger partial charge in [-0.25, -0.2) is 0 Å². The first kappa shape index (κ1) is 17.0. The average Bonchev–Trinajstić information content (AvgIpc) is 2.60. The van der Waals surface area contributed by atoms with Crippen LogP contribution in [-0.2, 0) is 6.54 Å². The topological polar surface area (TPSA) is 38.3 Å². The van der Waals surface area contributed by atoms with E-state index in [1.165, 1.54) is 0 Å². The smallest absolute Gasteiger partial charge is 0.185 e. The lowest BCUT2D eigenvalue weighted by Crippen LogP contribution is -2.14. The van der Waals surface area contributed by atoms with E-state index in [2.05, 4.69) is 12.2 Å². The number of carbonyl (C=O) groups excluding carboxylic acids is 1. The van der Waals surface area contributed by atoms with Gasteiger partial charge in [-0.05, 0) is 48.4 Å². The summed E-state index contributed by atoms with van der Waals surface area (Å²) in [7, 11) is 1.64. The van der Waals surface area contributed by atoms with Crippen LogP contribution in [0.25, 0.3) is 6.08 Å². The van der Waals surface area contributed by atoms with E-state index in [9.17, 15) is 4.79 Å². The van der Waals surface area contributed by atoms with E-state index >= 15 is 0 Å². The average molecular weight is 309 g/mol. The molecule has 3 heteroatoms. The van der Waals surface area contributed by atoms with Crippen LogP contribution in [0.1, 0.15) is 34.8 Å². The number of allylic oxidation sites excluding steroid dienone is 1. The first-order valence-corrected chi connectivity index (χ1v) is 7.89. The zero-order valence-electron chi connectivity index (χ0n) is 13.7. The number of ether oxygens (including phenoxy) is 1. The van der Waals surface area contributed by atoms with Crippen LogP contribution in [0.4, 0.5) is 0 Å². The molecule has 120 valence electrons. The van der Waals surface area contributed by atoms with Gasteiger partial charge >= 0.3 is 0 Å². The number of ketones is 1. The molecule has 0 radical (unpaired) electrons. The Bertz CT molecular complexity index is 660. The molecule has 0 unspecified atom stereocenters. The van der Waals surface area contributed by atoms with Crippen LogP contribution in [0.2, 0.25) is 0 Å². The molecule has 0 atom stereocenters. The molecule has 0 bridgehead atoms. The van der Waals surface area contributed by atoms with Crippen molar-refractivity contribution in [2.45, 2.75) is 19.9 Å². The van der Waals surface area contributed by atoms with E-state index in [0.29, 0.717) is 5.56 Å². The molecular formula is C20H23NO2. The Morgan fingerprint density at radius 3 is 2.65 bits per heavy atom. The molecule has 0 aromatic heterocycles. The van der Waals surface area contributed by atoms with Crippen molar-refractivity contribution in [3.8, 4) is 5.75 Å². The Balaban J connectivity index is 2.01. The van der Waals surface area contributed by atoms with Crippen LogP contribution in [0, 0.1) is 0 Å². The van der Waals surface area contributed by atoms with Crippen molar-refractivity contribution in [2.24, 2.45) is 0 Å². The number of hydrogen-bond donors (Lipinski definition) is 1. The quantitative estimate of drug-likeness (QED) is 0.453. The fourth-order valence-electron chi connectivity index (χ4n) is 2.23. The molecule has 0 aliphatic carbocycles. The van der Waals surface area contributed by atoms with Gasteiger partial charge in [0.15, 0.2) is 5.78 Å². The van der Waals surface area contributed by atoms with Crippen LogP contribution >= 0.6 is 0 Å². The van der Waals surface area contributed by atoms with Gasteiger partial charge < -0.3 is 10.1 Å². The molecule has 0 aliphatic rings. The SMILES string of the molecule is CCCNCc1cccc(C(=O)C=Cc2ccc(OC)cc2)c1. The maximum Gasteiger partial charge on any atom is 0.185 e. The van der Waals surface area contributed by atoms with Crippen molar-refractivity contribution in [3.05, 3.63) is 71.3 Å². The third-order valence-electron chi connectivity index (χ3n) is 3.51. The summed E-state index contributed by atoms with van der Waals surface area (Å²) in [6.45, 7) is 3.91. The Morgan fingerprint density at radius 1 is 1.17 bits per heavy atom. The molecule has 0 spiro atoms. The number of methoxy groups -OCH3 is 1. The van der Waals surface area contributed by atoms with Gasteiger partial charge in [0.25, 0.3) is 0 Å². The van der Waals surface area contributed by atoms with E-state index in [4.69, 9.17) is 4.74 Å². The largest absolute Gasteiger partial charge is 0.497 e. The van der Waals surface area contributed by atoms with Crippen LogP contribution < -0.4 is 10.1 Å². The number of benzene rings is 2. The molecule has 0 saturated heterocycles.